The number of carbonyl (C=O) groups excluding carboxylic acids is 1. The summed E-state index contributed by atoms with van der Waals surface area (Å²) < 4.78 is 28.4. The second-order valence-corrected chi connectivity index (χ2v) is 9.36. The van der Waals surface area contributed by atoms with Gasteiger partial charge in [0.15, 0.2) is 0 Å². The number of para-hydroxylation sites is 1. The summed E-state index contributed by atoms with van der Waals surface area (Å²) in [4.78, 5) is 15.8. The van der Waals surface area contributed by atoms with E-state index in [0.29, 0.717) is 11.1 Å². The molecule has 0 fully saturated rings. The quantitative estimate of drug-likeness (QED) is 0.711. The number of rotatable bonds is 3. The summed E-state index contributed by atoms with van der Waals surface area (Å²) >= 11 is 0. The van der Waals surface area contributed by atoms with E-state index in [4.69, 9.17) is 5.73 Å². The van der Waals surface area contributed by atoms with Crippen LogP contribution in [-0.4, -0.2) is 29.7 Å². The normalized spacial score (nSPS) is 17.6. The minimum Gasteiger partial charge on any atom is -0.368 e. The minimum absolute atomic E-state index is 0.0900. The van der Waals surface area contributed by atoms with Crippen molar-refractivity contribution in [3.05, 3.63) is 64.3 Å². The number of carbonyl (C=O) groups is 1. The van der Waals surface area contributed by atoms with E-state index in [1.54, 1.807) is 13.8 Å². The van der Waals surface area contributed by atoms with Crippen LogP contribution in [0.3, 0.4) is 0 Å². The molecular formula is C21H23N3O3S. The lowest BCUT2D eigenvalue weighted by molar-refractivity contribution is -0.122. The van der Waals surface area contributed by atoms with E-state index in [1.807, 2.05) is 43.3 Å². The Morgan fingerprint density at radius 1 is 1.14 bits per heavy atom. The Kier molecular flexibility index (Phi) is 4.32. The summed E-state index contributed by atoms with van der Waals surface area (Å²) in [6.45, 7) is 5.59. The third-order valence-electron chi connectivity index (χ3n) is 5.46. The van der Waals surface area contributed by atoms with Crippen molar-refractivity contribution >= 4 is 26.8 Å². The standard InChI is InChI=1S/C21H23N3O3S/c1-12-8-13(2)20(14(3)9-12)28(26,27)24-11-18-16(10-19(24)21(22)25)15-6-4-5-7-17(15)23-18/h4-9,19,23H,10-11H2,1-3H3,(H2,22,25). The largest absolute Gasteiger partial charge is 0.368 e. The number of nitrogens with one attached hydrogen (secondary N) is 1. The Bertz CT molecular complexity index is 1190. The Labute approximate surface area is 164 Å². The van der Waals surface area contributed by atoms with Crippen molar-refractivity contribution in [2.75, 3.05) is 0 Å². The van der Waals surface area contributed by atoms with Crippen LogP contribution in [0.2, 0.25) is 0 Å². The van der Waals surface area contributed by atoms with Crippen molar-refractivity contribution in [2.24, 2.45) is 5.73 Å². The Hall–Kier alpha value is -2.64. The molecule has 2 heterocycles. The van der Waals surface area contributed by atoms with Crippen molar-refractivity contribution in [3.63, 3.8) is 0 Å². The first-order valence-electron chi connectivity index (χ1n) is 9.17. The topological polar surface area (TPSA) is 96.3 Å². The molecule has 0 aliphatic carbocycles. The van der Waals surface area contributed by atoms with E-state index >= 15 is 0 Å². The molecule has 3 N–H and O–H groups in total. The van der Waals surface area contributed by atoms with Crippen molar-refractivity contribution in [3.8, 4) is 0 Å². The van der Waals surface area contributed by atoms with Gasteiger partial charge in [-0.15, -0.1) is 0 Å². The van der Waals surface area contributed by atoms with E-state index in [2.05, 4.69) is 4.98 Å². The second-order valence-electron chi connectivity index (χ2n) is 7.53. The molecule has 0 radical (unpaired) electrons. The highest BCUT2D eigenvalue weighted by atomic mass is 32.2. The van der Waals surface area contributed by atoms with Gasteiger partial charge in [0.1, 0.15) is 6.04 Å². The molecular weight excluding hydrogens is 374 g/mol. The van der Waals surface area contributed by atoms with Gasteiger partial charge >= 0.3 is 0 Å². The number of primary amides is 1. The zero-order valence-electron chi connectivity index (χ0n) is 16.1. The maximum absolute atomic E-state index is 13.6. The molecule has 1 aliphatic rings. The number of sulfonamides is 1. The number of fused-ring (bicyclic) bond motifs is 3. The lowest BCUT2D eigenvalue weighted by Gasteiger charge is -2.33. The monoisotopic (exact) mass is 397 g/mol. The van der Waals surface area contributed by atoms with Gasteiger partial charge in [0.25, 0.3) is 0 Å². The molecule has 4 rings (SSSR count). The predicted octanol–water partition coefficient (Wildman–Crippen LogP) is 2.69. The maximum atomic E-state index is 13.6. The van der Waals surface area contributed by atoms with Gasteiger partial charge in [0.2, 0.25) is 15.9 Å². The zero-order valence-corrected chi connectivity index (χ0v) is 16.9. The van der Waals surface area contributed by atoms with Crippen LogP contribution in [0.25, 0.3) is 10.9 Å². The number of hydrogen-bond donors (Lipinski definition) is 2. The zero-order chi connectivity index (χ0) is 20.2. The molecule has 0 saturated heterocycles. The van der Waals surface area contributed by atoms with E-state index in [9.17, 15) is 13.2 Å². The third-order valence-corrected chi connectivity index (χ3v) is 7.62. The molecule has 1 amide bonds. The van der Waals surface area contributed by atoms with Gasteiger partial charge < -0.3 is 10.7 Å². The summed E-state index contributed by atoms with van der Waals surface area (Å²) in [5, 5.41) is 1.00. The van der Waals surface area contributed by atoms with E-state index in [1.165, 1.54) is 4.31 Å². The Morgan fingerprint density at radius 2 is 1.79 bits per heavy atom. The number of aromatic amines is 1. The van der Waals surface area contributed by atoms with Crippen LogP contribution in [0.5, 0.6) is 0 Å². The van der Waals surface area contributed by atoms with Crippen molar-refractivity contribution in [2.45, 2.75) is 44.7 Å². The first kappa shape index (κ1) is 18.7. The molecule has 2 aromatic carbocycles. The predicted molar refractivity (Wildman–Crippen MR) is 108 cm³/mol. The Balaban J connectivity index is 1.87. The highest BCUT2D eigenvalue weighted by Gasteiger charge is 2.41. The average Bonchev–Trinajstić information content (AvgIpc) is 2.97. The number of hydrogen-bond acceptors (Lipinski definition) is 3. The first-order chi connectivity index (χ1) is 13.2. The molecule has 0 saturated carbocycles. The number of amides is 1. The van der Waals surface area contributed by atoms with Crippen molar-refractivity contribution in [1.29, 1.82) is 0 Å². The molecule has 6 nitrogen and oxygen atoms in total. The molecule has 1 aliphatic heterocycles. The molecule has 1 unspecified atom stereocenters. The summed E-state index contributed by atoms with van der Waals surface area (Å²) in [5.74, 6) is -0.637. The van der Waals surface area contributed by atoms with Crippen LogP contribution in [0.1, 0.15) is 27.9 Å². The summed E-state index contributed by atoms with van der Waals surface area (Å²) in [7, 11) is -3.90. The van der Waals surface area contributed by atoms with Crippen LogP contribution < -0.4 is 5.73 Å². The van der Waals surface area contributed by atoms with Gasteiger partial charge in [-0.25, -0.2) is 8.42 Å². The molecule has 7 heteroatoms. The van der Waals surface area contributed by atoms with Crippen LogP contribution in [-0.2, 0) is 27.8 Å². The highest BCUT2D eigenvalue weighted by molar-refractivity contribution is 7.89. The number of aromatic nitrogens is 1. The summed E-state index contributed by atoms with van der Waals surface area (Å²) in [6.07, 6.45) is 0.262. The maximum Gasteiger partial charge on any atom is 0.244 e. The number of nitrogens with zero attached hydrogens (tertiary/aromatic N) is 1. The van der Waals surface area contributed by atoms with Gasteiger partial charge in [-0.2, -0.15) is 4.31 Å². The van der Waals surface area contributed by atoms with Gasteiger partial charge in [0, 0.05) is 23.0 Å². The van der Waals surface area contributed by atoms with Crippen LogP contribution in [0.4, 0.5) is 0 Å². The van der Waals surface area contributed by atoms with Crippen LogP contribution >= 0.6 is 0 Å². The van der Waals surface area contributed by atoms with E-state index < -0.39 is 22.0 Å². The highest BCUT2D eigenvalue weighted by Crippen LogP contribution is 2.35. The van der Waals surface area contributed by atoms with E-state index in [0.717, 1.165) is 27.7 Å². The summed E-state index contributed by atoms with van der Waals surface area (Å²) in [5.41, 5.74) is 10.7. The van der Waals surface area contributed by atoms with Gasteiger partial charge in [-0.1, -0.05) is 35.9 Å². The van der Waals surface area contributed by atoms with Gasteiger partial charge in [-0.3, -0.25) is 4.79 Å². The fraction of sp³-hybridized carbons (Fsp3) is 0.286. The number of nitrogens with two attached hydrogens (primary N) is 1. The van der Waals surface area contributed by atoms with Crippen LogP contribution in [0, 0.1) is 20.8 Å². The van der Waals surface area contributed by atoms with Crippen molar-refractivity contribution < 1.29 is 13.2 Å². The molecule has 146 valence electrons. The second kappa shape index (κ2) is 6.46. The first-order valence-corrected chi connectivity index (χ1v) is 10.6. The molecule has 0 bridgehead atoms. The fourth-order valence-corrected chi connectivity index (χ4v) is 6.35. The van der Waals surface area contributed by atoms with Crippen molar-refractivity contribution in [1.82, 2.24) is 9.29 Å². The minimum atomic E-state index is -3.90. The molecule has 1 aromatic heterocycles. The molecule has 1 atom stereocenters. The van der Waals surface area contributed by atoms with E-state index in [-0.39, 0.29) is 17.9 Å². The fourth-order valence-electron chi connectivity index (χ4n) is 4.37. The van der Waals surface area contributed by atoms with Crippen LogP contribution in [0.15, 0.2) is 41.3 Å². The summed E-state index contributed by atoms with van der Waals surface area (Å²) in [6, 6.07) is 10.5. The van der Waals surface area contributed by atoms with Gasteiger partial charge in [0.05, 0.1) is 11.4 Å². The van der Waals surface area contributed by atoms with Gasteiger partial charge in [-0.05, 0) is 43.5 Å². The lowest BCUT2D eigenvalue weighted by Crippen LogP contribution is -2.51. The number of aryl methyl sites for hydroxylation is 3. The third kappa shape index (κ3) is 2.82. The molecule has 28 heavy (non-hydrogen) atoms. The molecule has 3 aromatic rings. The number of benzene rings is 2. The number of H-pyrrole nitrogens is 1. The Morgan fingerprint density at radius 3 is 2.43 bits per heavy atom. The SMILES string of the molecule is Cc1cc(C)c(S(=O)(=O)N2Cc3[nH]c4ccccc4c3CC2C(N)=O)c(C)c1. The smallest absolute Gasteiger partial charge is 0.244 e. The lowest BCUT2D eigenvalue weighted by atomic mass is 9.98. The molecule has 0 spiro atoms. The average molecular weight is 398 g/mol.